The van der Waals surface area contributed by atoms with Gasteiger partial charge in [-0.3, -0.25) is 14.3 Å². The molecule has 0 unspecified atom stereocenters. The number of rotatable bonds is 7. The highest BCUT2D eigenvalue weighted by molar-refractivity contribution is 7.98. The normalized spacial score (nSPS) is 16.1. The van der Waals surface area contributed by atoms with Gasteiger partial charge in [0.05, 0.1) is 23.0 Å². The lowest BCUT2D eigenvalue weighted by Crippen LogP contribution is -2.37. The third kappa shape index (κ3) is 4.58. The molecule has 1 amide bonds. The average molecular weight is 439 g/mol. The van der Waals surface area contributed by atoms with E-state index in [0.29, 0.717) is 29.8 Å². The molecule has 7 nitrogen and oxygen atoms in total. The molecule has 1 aliphatic rings. The van der Waals surface area contributed by atoms with Gasteiger partial charge in [0.2, 0.25) is 0 Å². The van der Waals surface area contributed by atoms with E-state index in [1.165, 1.54) is 0 Å². The van der Waals surface area contributed by atoms with Gasteiger partial charge in [-0.15, -0.1) is 11.8 Å². The summed E-state index contributed by atoms with van der Waals surface area (Å²) in [5.74, 6) is 1.51. The second-order valence-electron chi connectivity index (χ2n) is 7.91. The summed E-state index contributed by atoms with van der Waals surface area (Å²) in [5, 5.41) is 8.09. The third-order valence-electron chi connectivity index (χ3n) is 5.76. The van der Waals surface area contributed by atoms with Crippen molar-refractivity contribution in [2.24, 2.45) is 7.05 Å². The summed E-state index contributed by atoms with van der Waals surface area (Å²) in [7, 11) is 1.79. The van der Waals surface area contributed by atoms with Crippen molar-refractivity contribution < 1.29 is 14.1 Å². The molecule has 4 rings (SSSR count). The second kappa shape index (κ2) is 9.09. The van der Waals surface area contributed by atoms with Crippen molar-refractivity contribution in [1.82, 2.24) is 19.8 Å². The van der Waals surface area contributed by atoms with E-state index >= 15 is 0 Å². The van der Waals surface area contributed by atoms with E-state index in [9.17, 15) is 9.59 Å². The molecule has 2 aromatic heterocycles. The first-order valence-corrected chi connectivity index (χ1v) is 11.4. The van der Waals surface area contributed by atoms with Crippen LogP contribution in [-0.4, -0.2) is 44.1 Å². The van der Waals surface area contributed by atoms with Crippen LogP contribution < -0.4 is 0 Å². The minimum absolute atomic E-state index is 0.0108. The lowest BCUT2D eigenvalue weighted by Gasteiger charge is -2.25. The smallest absolute Gasteiger partial charge is 0.255 e. The molecule has 31 heavy (non-hydrogen) atoms. The molecular formula is C23H26N4O3S. The lowest BCUT2D eigenvalue weighted by molar-refractivity contribution is 0.0714. The van der Waals surface area contributed by atoms with E-state index in [1.54, 1.807) is 35.9 Å². The number of thioether (sulfide) groups is 1. The SMILES string of the molecule is Cc1noc(C)c1CSc1ccccc1C(=O)N1CCC[C@H]1CC(=O)c1cnn(C)c1. The number of likely N-dealkylation sites (tertiary alicyclic amines) is 1. The standard InChI is InChI=1S/C23H26N4O3S/c1-15-20(16(2)30-25-15)14-31-22-9-5-4-8-19(22)23(29)27-10-6-7-18(27)11-21(28)17-12-24-26(3)13-17/h4-5,8-9,12-13,18H,6-7,10-11,14H2,1-3H3/t18-/m0/s1. The van der Waals surface area contributed by atoms with Gasteiger partial charge in [0.25, 0.3) is 5.91 Å². The van der Waals surface area contributed by atoms with Crippen molar-refractivity contribution in [3.05, 3.63) is 64.8 Å². The van der Waals surface area contributed by atoms with Crippen LogP contribution in [0.15, 0.2) is 46.1 Å². The fraction of sp³-hybridized carbons (Fsp3) is 0.391. The molecule has 0 aliphatic carbocycles. The Bertz CT molecular complexity index is 1080. The summed E-state index contributed by atoms with van der Waals surface area (Å²) in [5.41, 5.74) is 3.22. The Morgan fingerprint density at radius 3 is 2.77 bits per heavy atom. The minimum Gasteiger partial charge on any atom is -0.361 e. The summed E-state index contributed by atoms with van der Waals surface area (Å²) in [6.07, 6.45) is 5.39. The molecule has 0 bridgehead atoms. The quantitative estimate of drug-likeness (QED) is 0.406. The Balaban J connectivity index is 1.49. The number of ketones is 1. The number of aryl methyl sites for hydroxylation is 3. The maximum atomic E-state index is 13.4. The average Bonchev–Trinajstić information content (AvgIpc) is 3.48. The van der Waals surface area contributed by atoms with Gasteiger partial charge in [-0.2, -0.15) is 5.10 Å². The molecule has 162 valence electrons. The van der Waals surface area contributed by atoms with E-state index in [4.69, 9.17) is 4.52 Å². The van der Waals surface area contributed by atoms with Crippen LogP contribution in [0.4, 0.5) is 0 Å². The summed E-state index contributed by atoms with van der Waals surface area (Å²) in [6, 6.07) is 7.60. The molecule has 3 heterocycles. The highest BCUT2D eigenvalue weighted by Crippen LogP contribution is 2.31. The molecule has 0 saturated carbocycles. The van der Waals surface area contributed by atoms with Crippen LogP contribution in [0.2, 0.25) is 0 Å². The largest absolute Gasteiger partial charge is 0.361 e. The number of carbonyl (C=O) groups is 2. The zero-order valence-electron chi connectivity index (χ0n) is 18.0. The van der Waals surface area contributed by atoms with E-state index in [2.05, 4.69) is 10.3 Å². The maximum absolute atomic E-state index is 13.4. The van der Waals surface area contributed by atoms with E-state index in [-0.39, 0.29) is 17.7 Å². The van der Waals surface area contributed by atoms with Gasteiger partial charge in [0.15, 0.2) is 5.78 Å². The van der Waals surface area contributed by atoms with E-state index < -0.39 is 0 Å². The molecule has 8 heteroatoms. The molecule has 0 spiro atoms. The van der Waals surface area contributed by atoms with Crippen molar-refractivity contribution >= 4 is 23.5 Å². The van der Waals surface area contributed by atoms with Gasteiger partial charge in [0, 0.05) is 48.5 Å². The first-order valence-electron chi connectivity index (χ1n) is 10.4. The number of carbonyl (C=O) groups excluding carboxylic acids is 2. The Morgan fingerprint density at radius 1 is 1.26 bits per heavy atom. The summed E-state index contributed by atoms with van der Waals surface area (Å²) in [6.45, 7) is 4.51. The number of hydrogen-bond donors (Lipinski definition) is 0. The lowest BCUT2D eigenvalue weighted by atomic mass is 10.0. The Morgan fingerprint density at radius 2 is 2.06 bits per heavy atom. The van der Waals surface area contributed by atoms with Crippen LogP contribution in [-0.2, 0) is 12.8 Å². The van der Waals surface area contributed by atoms with Crippen LogP contribution in [0.1, 0.15) is 57.0 Å². The van der Waals surface area contributed by atoms with Crippen molar-refractivity contribution in [2.75, 3.05) is 6.54 Å². The predicted octanol–water partition coefficient (Wildman–Crippen LogP) is 4.19. The van der Waals surface area contributed by atoms with Gasteiger partial charge in [-0.1, -0.05) is 17.3 Å². The van der Waals surface area contributed by atoms with Gasteiger partial charge in [-0.25, -0.2) is 0 Å². The fourth-order valence-electron chi connectivity index (χ4n) is 3.99. The minimum atomic E-state index is -0.0826. The van der Waals surface area contributed by atoms with Crippen molar-refractivity contribution in [3.8, 4) is 0 Å². The third-order valence-corrected chi connectivity index (χ3v) is 6.86. The number of nitrogens with zero attached hydrogens (tertiary/aromatic N) is 4. The van der Waals surface area contributed by atoms with Crippen LogP contribution in [0.5, 0.6) is 0 Å². The molecule has 3 aromatic rings. The van der Waals surface area contributed by atoms with Crippen molar-refractivity contribution in [1.29, 1.82) is 0 Å². The second-order valence-corrected chi connectivity index (χ2v) is 8.93. The van der Waals surface area contributed by atoms with Gasteiger partial charge >= 0.3 is 0 Å². The first kappa shape index (κ1) is 21.4. The number of hydrogen-bond acceptors (Lipinski definition) is 6. The molecule has 1 aliphatic heterocycles. The molecule has 1 saturated heterocycles. The van der Waals surface area contributed by atoms with Crippen LogP contribution in [0.3, 0.4) is 0 Å². The number of aromatic nitrogens is 3. The van der Waals surface area contributed by atoms with Crippen molar-refractivity contribution in [3.63, 3.8) is 0 Å². The molecule has 0 radical (unpaired) electrons. The fourth-order valence-corrected chi connectivity index (χ4v) is 5.19. The molecule has 0 N–H and O–H groups in total. The van der Waals surface area contributed by atoms with Crippen LogP contribution in [0.25, 0.3) is 0 Å². The maximum Gasteiger partial charge on any atom is 0.255 e. The predicted molar refractivity (Wildman–Crippen MR) is 118 cm³/mol. The zero-order valence-corrected chi connectivity index (χ0v) is 18.8. The van der Waals surface area contributed by atoms with E-state index in [0.717, 1.165) is 34.8 Å². The van der Waals surface area contributed by atoms with Crippen LogP contribution >= 0.6 is 11.8 Å². The van der Waals surface area contributed by atoms with Crippen LogP contribution in [0, 0.1) is 13.8 Å². The Labute approximate surface area is 185 Å². The van der Waals surface area contributed by atoms with E-state index in [1.807, 2.05) is 43.0 Å². The summed E-state index contributed by atoms with van der Waals surface area (Å²) in [4.78, 5) is 28.9. The Kier molecular flexibility index (Phi) is 6.27. The zero-order chi connectivity index (χ0) is 22.0. The van der Waals surface area contributed by atoms with Gasteiger partial charge < -0.3 is 9.42 Å². The molecule has 1 atom stereocenters. The monoisotopic (exact) mass is 438 g/mol. The molecule has 1 aromatic carbocycles. The number of benzene rings is 1. The number of Topliss-reactive ketones (excluding diaryl/α,β-unsaturated/α-hetero) is 1. The topological polar surface area (TPSA) is 81.2 Å². The summed E-state index contributed by atoms with van der Waals surface area (Å²) >= 11 is 1.61. The molecular weight excluding hydrogens is 412 g/mol. The highest BCUT2D eigenvalue weighted by Gasteiger charge is 2.32. The number of amides is 1. The van der Waals surface area contributed by atoms with Gasteiger partial charge in [-0.05, 0) is 38.8 Å². The summed E-state index contributed by atoms with van der Waals surface area (Å²) < 4.78 is 6.88. The molecule has 1 fully saturated rings. The van der Waals surface area contributed by atoms with Crippen molar-refractivity contribution in [2.45, 2.75) is 49.8 Å². The highest BCUT2D eigenvalue weighted by atomic mass is 32.2. The first-order chi connectivity index (χ1) is 14.9. The van der Waals surface area contributed by atoms with Gasteiger partial charge in [0.1, 0.15) is 5.76 Å². The Hall–Kier alpha value is -2.87.